The van der Waals surface area contributed by atoms with E-state index >= 15 is 0 Å². The number of methoxy groups -OCH3 is 1. The van der Waals surface area contributed by atoms with Gasteiger partial charge in [-0.3, -0.25) is 9.69 Å². The number of benzene rings is 1. The largest absolute Gasteiger partial charge is 0.497 e. The van der Waals surface area contributed by atoms with Gasteiger partial charge in [0.05, 0.1) is 7.11 Å². The van der Waals surface area contributed by atoms with Crippen LogP contribution in [0.15, 0.2) is 24.3 Å². The summed E-state index contributed by atoms with van der Waals surface area (Å²) in [4.78, 5) is 14.8. The lowest BCUT2D eigenvalue weighted by Crippen LogP contribution is -2.54. The smallest absolute Gasteiger partial charge is 0.260 e. The number of hydrogen-bond acceptors (Lipinski definition) is 4. The molecule has 1 aliphatic heterocycles. The summed E-state index contributed by atoms with van der Waals surface area (Å²) in [5, 5.41) is 3.03. The summed E-state index contributed by atoms with van der Waals surface area (Å²) in [5.74, 6) is 1.34. The van der Waals surface area contributed by atoms with Crippen LogP contribution in [0, 0.1) is 0 Å². The zero-order valence-corrected chi connectivity index (χ0v) is 15.3. The van der Waals surface area contributed by atoms with Crippen LogP contribution in [0.1, 0.15) is 40.0 Å². The Balaban J connectivity index is 1.81. The van der Waals surface area contributed by atoms with E-state index in [9.17, 15) is 4.79 Å². The zero-order valence-electron chi connectivity index (χ0n) is 15.3. The van der Waals surface area contributed by atoms with Crippen LogP contribution >= 0.6 is 0 Å². The Bertz CT molecular complexity index is 522. The molecule has 1 heterocycles. The molecule has 0 radical (unpaired) electrons. The van der Waals surface area contributed by atoms with Crippen molar-refractivity contribution in [2.75, 3.05) is 26.7 Å². The molecule has 0 aromatic heterocycles. The molecule has 24 heavy (non-hydrogen) atoms. The Labute approximate surface area is 145 Å². The van der Waals surface area contributed by atoms with Gasteiger partial charge in [0.1, 0.15) is 11.5 Å². The first-order chi connectivity index (χ1) is 11.4. The van der Waals surface area contributed by atoms with Gasteiger partial charge < -0.3 is 14.8 Å². The standard InChI is InChI=1S/C19H30N2O3/c1-15(24-17-10-8-16(23-4)9-11-17)18(22)20-14-19(2,3)21-12-6-5-7-13-21/h8-11,15H,5-7,12-14H2,1-4H3,(H,20,22)/t15-/m0/s1. The number of amides is 1. The molecule has 1 amide bonds. The van der Waals surface area contributed by atoms with E-state index in [-0.39, 0.29) is 11.4 Å². The first-order valence-corrected chi connectivity index (χ1v) is 8.76. The molecule has 2 rings (SSSR count). The van der Waals surface area contributed by atoms with Gasteiger partial charge in [-0.1, -0.05) is 6.42 Å². The second-order valence-electron chi connectivity index (χ2n) is 7.01. The van der Waals surface area contributed by atoms with Gasteiger partial charge in [-0.15, -0.1) is 0 Å². The molecular weight excluding hydrogens is 304 g/mol. The highest BCUT2D eigenvalue weighted by Crippen LogP contribution is 2.20. The predicted molar refractivity (Wildman–Crippen MR) is 95.6 cm³/mol. The molecule has 1 aromatic rings. The van der Waals surface area contributed by atoms with Crippen molar-refractivity contribution < 1.29 is 14.3 Å². The van der Waals surface area contributed by atoms with Gasteiger partial charge in [0.15, 0.2) is 6.10 Å². The molecule has 1 N–H and O–H groups in total. The highest BCUT2D eigenvalue weighted by atomic mass is 16.5. The van der Waals surface area contributed by atoms with Crippen molar-refractivity contribution in [2.24, 2.45) is 0 Å². The Morgan fingerprint density at radius 2 is 1.75 bits per heavy atom. The maximum Gasteiger partial charge on any atom is 0.260 e. The molecule has 0 bridgehead atoms. The number of carbonyl (C=O) groups excluding carboxylic acids is 1. The minimum atomic E-state index is -0.532. The first kappa shape index (κ1) is 18.6. The quantitative estimate of drug-likeness (QED) is 0.833. The molecule has 1 aromatic carbocycles. The summed E-state index contributed by atoms with van der Waals surface area (Å²) in [7, 11) is 1.62. The van der Waals surface area contributed by atoms with Crippen molar-refractivity contribution >= 4 is 5.91 Å². The summed E-state index contributed by atoms with van der Waals surface area (Å²) >= 11 is 0. The van der Waals surface area contributed by atoms with Gasteiger partial charge in [0, 0.05) is 12.1 Å². The minimum Gasteiger partial charge on any atom is -0.497 e. The molecule has 0 unspecified atom stereocenters. The van der Waals surface area contributed by atoms with Crippen molar-refractivity contribution in [1.29, 1.82) is 0 Å². The fraction of sp³-hybridized carbons (Fsp3) is 0.632. The number of nitrogens with zero attached hydrogens (tertiary/aromatic N) is 1. The SMILES string of the molecule is COc1ccc(O[C@@H](C)C(=O)NCC(C)(C)N2CCCCC2)cc1. The van der Waals surface area contributed by atoms with Gasteiger partial charge in [0.25, 0.3) is 5.91 Å². The molecule has 5 nitrogen and oxygen atoms in total. The normalized spacial score (nSPS) is 17.2. The molecule has 1 aliphatic rings. The van der Waals surface area contributed by atoms with Crippen LogP contribution in [-0.2, 0) is 4.79 Å². The van der Waals surface area contributed by atoms with Crippen LogP contribution in [-0.4, -0.2) is 49.2 Å². The predicted octanol–water partition coefficient (Wildman–Crippen LogP) is 2.84. The molecule has 0 aliphatic carbocycles. The minimum absolute atomic E-state index is 0.0318. The summed E-state index contributed by atoms with van der Waals surface area (Å²) in [5.41, 5.74) is -0.0318. The number of ether oxygens (including phenoxy) is 2. The summed E-state index contributed by atoms with van der Waals surface area (Å²) in [6.45, 7) is 9.00. The lowest BCUT2D eigenvalue weighted by Gasteiger charge is -2.41. The van der Waals surface area contributed by atoms with E-state index in [0.717, 1.165) is 18.8 Å². The monoisotopic (exact) mass is 334 g/mol. The lowest BCUT2D eigenvalue weighted by atomic mass is 9.98. The van der Waals surface area contributed by atoms with E-state index in [2.05, 4.69) is 24.1 Å². The Kier molecular flexibility index (Phi) is 6.49. The van der Waals surface area contributed by atoms with Crippen molar-refractivity contribution in [3.8, 4) is 11.5 Å². The fourth-order valence-corrected chi connectivity index (χ4v) is 2.97. The van der Waals surface area contributed by atoms with E-state index in [4.69, 9.17) is 9.47 Å². The third-order valence-corrected chi connectivity index (χ3v) is 4.65. The van der Waals surface area contributed by atoms with Crippen LogP contribution in [0.5, 0.6) is 11.5 Å². The number of piperidine rings is 1. The van der Waals surface area contributed by atoms with E-state index in [1.807, 2.05) is 12.1 Å². The van der Waals surface area contributed by atoms with Gasteiger partial charge in [-0.2, -0.15) is 0 Å². The van der Waals surface area contributed by atoms with Gasteiger partial charge in [-0.05, 0) is 71.0 Å². The van der Waals surface area contributed by atoms with E-state index in [1.165, 1.54) is 19.3 Å². The summed E-state index contributed by atoms with van der Waals surface area (Å²) in [6.07, 6.45) is 3.27. The topological polar surface area (TPSA) is 50.8 Å². The zero-order chi connectivity index (χ0) is 17.6. The average Bonchev–Trinajstić information content (AvgIpc) is 2.61. The summed E-state index contributed by atoms with van der Waals surface area (Å²) < 4.78 is 10.8. The fourth-order valence-electron chi connectivity index (χ4n) is 2.97. The highest BCUT2D eigenvalue weighted by molar-refractivity contribution is 5.80. The van der Waals surface area contributed by atoms with E-state index < -0.39 is 6.10 Å². The molecule has 5 heteroatoms. The molecule has 0 spiro atoms. The first-order valence-electron chi connectivity index (χ1n) is 8.76. The van der Waals surface area contributed by atoms with Crippen LogP contribution in [0.3, 0.4) is 0 Å². The number of carbonyl (C=O) groups is 1. The number of rotatable bonds is 7. The number of nitrogens with one attached hydrogen (secondary N) is 1. The second kappa shape index (κ2) is 8.38. The van der Waals surface area contributed by atoms with Crippen molar-refractivity contribution in [1.82, 2.24) is 10.2 Å². The maximum absolute atomic E-state index is 12.3. The van der Waals surface area contributed by atoms with Crippen LogP contribution in [0.2, 0.25) is 0 Å². The molecule has 1 saturated heterocycles. The van der Waals surface area contributed by atoms with E-state index in [0.29, 0.717) is 12.3 Å². The summed E-state index contributed by atoms with van der Waals surface area (Å²) in [6, 6.07) is 7.25. The van der Waals surface area contributed by atoms with Crippen LogP contribution < -0.4 is 14.8 Å². The van der Waals surface area contributed by atoms with Crippen LogP contribution in [0.25, 0.3) is 0 Å². The average molecular weight is 334 g/mol. The Hall–Kier alpha value is -1.75. The third-order valence-electron chi connectivity index (χ3n) is 4.65. The van der Waals surface area contributed by atoms with Gasteiger partial charge >= 0.3 is 0 Å². The van der Waals surface area contributed by atoms with Gasteiger partial charge in [0.2, 0.25) is 0 Å². The molecule has 1 fully saturated rings. The molecule has 134 valence electrons. The molecule has 0 saturated carbocycles. The van der Waals surface area contributed by atoms with Crippen LogP contribution in [0.4, 0.5) is 0 Å². The Morgan fingerprint density at radius 3 is 2.33 bits per heavy atom. The second-order valence-corrected chi connectivity index (χ2v) is 7.01. The molecule has 1 atom stereocenters. The number of likely N-dealkylation sites (tertiary alicyclic amines) is 1. The van der Waals surface area contributed by atoms with Gasteiger partial charge in [-0.25, -0.2) is 0 Å². The van der Waals surface area contributed by atoms with Crippen molar-refractivity contribution in [3.63, 3.8) is 0 Å². The highest BCUT2D eigenvalue weighted by Gasteiger charge is 2.29. The van der Waals surface area contributed by atoms with E-state index in [1.54, 1.807) is 26.2 Å². The maximum atomic E-state index is 12.3. The van der Waals surface area contributed by atoms with Crippen molar-refractivity contribution in [3.05, 3.63) is 24.3 Å². The van der Waals surface area contributed by atoms with Crippen molar-refractivity contribution in [2.45, 2.75) is 51.7 Å². The lowest BCUT2D eigenvalue weighted by molar-refractivity contribution is -0.127. The third kappa shape index (κ3) is 5.13. The molecular formula is C19H30N2O3. The Morgan fingerprint density at radius 1 is 1.17 bits per heavy atom. The number of hydrogen-bond donors (Lipinski definition) is 1.